The summed E-state index contributed by atoms with van der Waals surface area (Å²) in [6, 6.07) is 0. The average Bonchev–Trinajstić information content (AvgIpc) is 1.86. The molecule has 0 bridgehead atoms. The van der Waals surface area contributed by atoms with Gasteiger partial charge in [-0.2, -0.15) is 0 Å². The molecule has 0 heterocycles. The third-order valence-corrected chi connectivity index (χ3v) is 1.80. The highest BCUT2D eigenvalue weighted by Gasteiger charge is 2.14. The fourth-order valence-electron chi connectivity index (χ4n) is 1.09. The monoisotopic (exact) mass is 160 g/mol. The second-order valence-electron chi connectivity index (χ2n) is 3.63. The Bertz CT molecular complexity index is 91.6. The van der Waals surface area contributed by atoms with E-state index in [0.29, 0.717) is 12.5 Å². The Morgan fingerprint density at radius 3 is 2.18 bits per heavy atom. The minimum Gasteiger partial charge on any atom is -0.393 e. The first-order valence-corrected chi connectivity index (χ1v) is 4.25. The van der Waals surface area contributed by atoms with E-state index in [1.807, 2.05) is 6.92 Å². The molecule has 0 aromatic heterocycles. The first-order valence-electron chi connectivity index (χ1n) is 4.25. The zero-order chi connectivity index (χ0) is 8.85. The lowest BCUT2D eigenvalue weighted by Gasteiger charge is -2.19. The number of aliphatic hydroxyl groups is 1. The summed E-state index contributed by atoms with van der Waals surface area (Å²) in [5.41, 5.74) is 0. The third-order valence-electron chi connectivity index (χ3n) is 1.80. The van der Waals surface area contributed by atoms with Gasteiger partial charge in [-0.3, -0.25) is 0 Å². The van der Waals surface area contributed by atoms with Crippen molar-refractivity contribution < 1.29 is 9.84 Å². The van der Waals surface area contributed by atoms with Gasteiger partial charge in [-0.05, 0) is 12.3 Å². The van der Waals surface area contributed by atoms with Crippen LogP contribution in [-0.4, -0.2) is 24.9 Å². The molecule has 68 valence electrons. The van der Waals surface area contributed by atoms with Crippen LogP contribution < -0.4 is 0 Å². The summed E-state index contributed by atoms with van der Waals surface area (Å²) in [5.74, 6) is 0.812. The molecule has 0 saturated carbocycles. The van der Waals surface area contributed by atoms with E-state index < -0.39 is 0 Å². The van der Waals surface area contributed by atoms with E-state index in [9.17, 15) is 5.11 Å². The van der Waals surface area contributed by atoms with E-state index in [2.05, 4.69) is 13.8 Å². The maximum atomic E-state index is 9.54. The van der Waals surface area contributed by atoms with Crippen LogP contribution in [0.2, 0.25) is 0 Å². The minimum atomic E-state index is -0.213. The summed E-state index contributed by atoms with van der Waals surface area (Å²) in [7, 11) is 1.67. The Labute approximate surface area is 69.6 Å². The predicted molar refractivity (Wildman–Crippen MR) is 46.5 cm³/mol. The Hall–Kier alpha value is -0.0800. The molecule has 0 radical (unpaired) electrons. The summed E-state index contributed by atoms with van der Waals surface area (Å²) in [6.07, 6.45) is 0.653. The van der Waals surface area contributed by atoms with Gasteiger partial charge < -0.3 is 9.84 Å². The van der Waals surface area contributed by atoms with Crippen molar-refractivity contribution >= 4 is 0 Å². The molecule has 0 amide bonds. The van der Waals surface area contributed by atoms with E-state index >= 15 is 0 Å². The molecule has 0 aliphatic rings. The van der Waals surface area contributed by atoms with E-state index in [-0.39, 0.29) is 12.0 Å². The Morgan fingerprint density at radius 2 is 1.82 bits per heavy atom. The van der Waals surface area contributed by atoms with Crippen LogP contribution >= 0.6 is 0 Å². The highest BCUT2D eigenvalue weighted by Crippen LogP contribution is 2.12. The highest BCUT2D eigenvalue weighted by molar-refractivity contribution is 4.65. The molecule has 0 aliphatic carbocycles. The largest absolute Gasteiger partial charge is 0.393 e. The lowest BCUT2D eigenvalue weighted by atomic mass is 9.97. The number of hydrogen-bond donors (Lipinski definition) is 1. The summed E-state index contributed by atoms with van der Waals surface area (Å²) in [5, 5.41) is 9.54. The van der Waals surface area contributed by atoms with E-state index in [0.717, 1.165) is 6.42 Å². The Balaban J connectivity index is 3.54. The van der Waals surface area contributed by atoms with Crippen molar-refractivity contribution in [1.29, 1.82) is 0 Å². The van der Waals surface area contributed by atoms with Gasteiger partial charge in [0.15, 0.2) is 0 Å². The normalized spacial score (nSPS) is 16.9. The molecule has 0 spiro atoms. The van der Waals surface area contributed by atoms with Gasteiger partial charge in [-0.15, -0.1) is 0 Å². The van der Waals surface area contributed by atoms with Crippen LogP contribution in [0.3, 0.4) is 0 Å². The molecule has 2 heteroatoms. The average molecular weight is 160 g/mol. The number of hydrogen-bond acceptors (Lipinski definition) is 2. The minimum absolute atomic E-state index is 0.213. The van der Waals surface area contributed by atoms with Gasteiger partial charge in [0, 0.05) is 13.0 Å². The van der Waals surface area contributed by atoms with Crippen LogP contribution in [0.25, 0.3) is 0 Å². The summed E-state index contributed by atoms with van der Waals surface area (Å²) in [6.45, 7) is 6.88. The number of aliphatic hydroxyl groups excluding tert-OH is 1. The lowest BCUT2D eigenvalue weighted by molar-refractivity contribution is 0.0444. The number of ether oxygens (including phenoxy) is 1. The zero-order valence-electron chi connectivity index (χ0n) is 8.00. The lowest BCUT2D eigenvalue weighted by Crippen LogP contribution is -2.23. The molecular weight excluding hydrogens is 140 g/mol. The molecule has 0 aromatic carbocycles. The summed E-state index contributed by atoms with van der Waals surface area (Å²) in [4.78, 5) is 0. The van der Waals surface area contributed by atoms with Crippen LogP contribution in [0, 0.1) is 11.8 Å². The van der Waals surface area contributed by atoms with Crippen molar-refractivity contribution in [3.8, 4) is 0 Å². The maximum absolute atomic E-state index is 9.54. The maximum Gasteiger partial charge on any atom is 0.0590 e. The first kappa shape index (κ1) is 10.9. The van der Waals surface area contributed by atoms with Crippen molar-refractivity contribution in [3.05, 3.63) is 0 Å². The fraction of sp³-hybridized carbons (Fsp3) is 1.00. The standard InChI is InChI=1S/C9H20O2/c1-7(2)5-9(10)8(3)6-11-4/h7-10H,5-6H2,1-4H3. The van der Waals surface area contributed by atoms with Crippen molar-refractivity contribution in [3.63, 3.8) is 0 Å². The Morgan fingerprint density at radius 1 is 1.27 bits per heavy atom. The molecule has 11 heavy (non-hydrogen) atoms. The van der Waals surface area contributed by atoms with Gasteiger partial charge in [0.25, 0.3) is 0 Å². The van der Waals surface area contributed by atoms with Gasteiger partial charge in [-0.1, -0.05) is 20.8 Å². The zero-order valence-corrected chi connectivity index (χ0v) is 8.00. The Kier molecular flexibility index (Phi) is 5.51. The van der Waals surface area contributed by atoms with Gasteiger partial charge in [0.1, 0.15) is 0 Å². The second kappa shape index (κ2) is 5.56. The smallest absolute Gasteiger partial charge is 0.0590 e. The molecule has 1 N–H and O–H groups in total. The molecule has 0 saturated heterocycles. The van der Waals surface area contributed by atoms with E-state index in [1.54, 1.807) is 7.11 Å². The van der Waals surface area contributed by atoms with Gasteiger partial charge in [0.05, 0.1) is 12.7 Å². The molecule has 2 nitrogen and oxygen atoms in total. The molecular formula is C9H20O2. The van der Waals surface area contributed by atoms with E-state index in [4.69, 9.17) is 4.74 Å². The molecule has 0 aromatic rings. The van der Waals surface area contributed by atoms with Crippen LogP contribution in [-0.2, 0) is 4.74 Å². The van der Waals surface area contributed by atoms with Crippen LogP contribution in [0.5, 0.6) is 0 Å². The van der Waals surface area contributed by atoms with Crippen LogP contribution in [0.4, 0.5) is 0 Å². The molecule has 0 rings (SSSR count). The van der Waals surface area contributed by atoms with Crippen LogP contribution in [0.1, 0.15) is 27.2 Å². The predicted octanol–water partition coefficient (Wildman–Crippen LogP) is 1.68. The molecule has 0 fully saturated rings. The molecule has 0 aliphatic heterocycles. The third kappa shape index (κ3) is 5.22. The van der Waals surface area contributed by atoms with Crippen molar-refractivity contribution in [2.24, 2.45) is 11.8 Å². The quantitative estimate of drug-likeness (QED) is 0.663. The van der Waals surface area contributed by atoms with Crippen molar-refractivity contribution in [2.75, 3.05) is 13.7 Å². The van der Waals surface area contributed by atoms with Gasteiger partial charge in [-0.25, -0.2) is 0 Å². The summed E-state index contributed by atoms with van der Waals surface area (Å²) < 4.78 is 4.95. The number of rotatable bonds is 5. The number of methoxy groups -OCH3 is 1. The summed E-state index contributed by atoms with van der Waals surface area (Å²) >= 11 is 0. The van der Waals surface area contributed by atoms with Gasteiger partial charge >= 0.3 is 0 Å². The van der Waals surface area contributed by atoms with E-state index in [1.165, 1.54) is 0 Å². The fourth-order valence-corrected chi connectivity index (χ4v) is 1.09. The topological polar surface area (TPSA) is 29.5 Å². The van der Waals surface area contributed by atoms with Crippen LogP contribution in [0.15, 0.2) is 0 Å². The van der Waals surface area contributed by atoms with Crippen molar-refractivity contribution in [2.45, 2.75) is 33.3 Å². The van der Waals surface area contributed by atoms with Crippen molar-refractivity contribution in [1.82, 2.24) is 0 Å². The van der Waals surface area contributed by atoms with Gasteiger partial charge in [0.2, 0.25) is 0 Å². The first-order chi connectivity index (χ1) is 5.07. The molecule has 2 atom stereocenters. The second-order valence-corrected chi connectivity index (χ2v) is 3.63. The highest BCUT2D eigenvalue weighted by atomic mass is 16.5. The molecule has 2 unspecified atom stereocenters. The SMILES string of the molecule is COCC(C)C(O)CC(C)C.